The number of carbonyl (C=O) groups is 1. The average molecular weight is 248 g/mol. The van der Waals surface area contributed by atoms with Crippen molar-refractivity contribution in [3.63, 3.8) is 0 Å². The lowest BCUT2D eigenvalue weighted by molar-refractivity contribution is 0.0694. The number of aliphatic hydroxyl groups is 1. The summed E-state index contributed by atoms with van der Waals surface area (Å²) in [7, 11) is 0. The zero-order chi connectivity index (χ0) is 13.2. The van der Waals surface area contributed by atoms with Crippen molar-refractivity contribution < 1.29 is 9.90 Å². The molecule has 4 nitrogen and oxygen atoms in total. The van der Waals surface area contributed by atoms with Crippen LogP contribution in [0.25, 0.3) is 0 Å². The van der Waals surface area contributed by atoms with Gasteiger partial charge >= 0.3 is 0 Å². The number of carbonyl (C=O) groups excluding carboxylic acids is 1. The number of aryl methyl sites for hydroxylation is 1. The Kier molecular flexibility index (Phi) is 3.57. The van der Waals surface area contributed by atoms with Gasteiger partial charge in [-0.3, -0.25) is 4.79 Å². The number of hydrogen-bond acceptors (Lipinski definition) is 3. The van der Waals surface area contributed by atoms with Gasteiger partial charge in [-0.05, 0) is 50.5 Å². The van der Waals surface area contributed by atoms with Crippen LogP contribution in [0.5, 0.6) is 0 Å². The Morgan fingerprint density at radius 2 is 2.28 bits per heavy atom. The van der Waals surface area contributed by atoms with Crippen LogP contribution in [0.15, 0.2) is 18.2 Å². The molecule has 1 aliphatic rings. The fourth-order valence-electron chi connectivity index (χ4n) is 2.01. The minimum Gasteiger partial charge on any atom is -0.389 e. The van der Waals surface area contributed by atoms with Crippen LogP contribution in [0.2, 0.25) is 0 Å². The molecule has 1 aliphatic heterocycles. The van der Waals surface area contributed by atoms with Crippen LogP contribution >= 0.6 is 0 Å². The minimum atomic E-state index is -0.884. The molecule has 0 saturated carbocycles. The molecule has 0 fully saturated rings. The van der Waals surface area contributed by atoms with Gasteiger partial charge in [0, 0.05) is 24.3 Å². The molecule has 0 spiro atoms. The normalized spacial score (nSPS) is 14.6. The van der Waals surface area contributed by atoms with E-state index in [9.17, 15) is 9.90 Å². The first-order chi connectivity index (χ1) is 8.46. The molecule has 3 N–H and O–H groups in total. The Bertz CT molecular complexity index is 450. The summed E-state index contributed by atoms with van der Waals surface area (Å²) in [5, 5.41) is 15.6. The molecule has 0 radical (unpaired) electrons. The molecule has 98 valence electrons. The van der Waals surface area contributed by atoms with E-state index < -0.39 is 5.60 Å². The van der Waals surface area contributed by atoms with Gasteiger partial charge in [-0.1, -0.05) is 0 Å². The summed E-state index contributed by atoms with van der Waals surface area (Å²) in [6.45, 7) is 4.59. The lowest BCUT2D eigenvalue weighted by atomic mass is 10.0. The Balaban J connectivity index is 2.07. The van der Waals surface area contributed by atoms with Gasteiger partial charge in [0.05, 0.1) is 5.60 Å². The molecule has 0 aromatic heterocycles. The van der Waals surface area contributed by atoms with Crippen LogP contribution in [0.1, 0.15) is 36.2 Å². The number of amides is 1. The van der Waals surface area contributed by atoms with E-state index in [0.717, 1.165) is 25.1 Å². The smallest absolute Gasteiger partial charge is 0.251 e. The highest BCUT2D eigenvalue weighted by molar-refractivity contribution is 5.95. The molecule has 0 aliphatic carbocycles. The van der Waals surface area contributed by atoms with E-state index in [1.54, 1.807) is 13.8 Å². The average Bonchev–Trinajstić information content (AvgIpc) is 2.34. The van der Waals surface area contributed by atoms with E-state index in [2.05, 4.69) is 10.6 Å². The molecular formula is C14H20N2O2. The second-order valence-electron chi connectivity index (χ2n) is 5.40. The standard InChI is InChI=1S/C14H20N2O2/c1-14(2,18)9-16-13(17)11-5-6-12-10(8-11)4-3-7-15-12/h5-6,8,15,18H,3-4,7,9H2,1-2H3,(H,16,17). The van der Waals surface area contributed by atoms with Crippen molar-refractivity contribution >= 4 is 11.6 Å². The molecule has 1 amide bonds. The number of fused-ring (bicyclic) bond motifs is 1. The summed E-state index contributed by atoms with van der Waals surface area (Å²) in [6.07, 6.45) is 2.11. The molecule has 2 rings (SSSR count). The summed E-state index contributed by atoms with van der Waals surface area (Å²) in [5.41, 5.74) is 2.09. The summed E-state index contributed by atoms with van der Waals surface area (Å²) >= 11 is 0. The highest BCUT2D eigenvalue weighted by atomic mass is 16.3. The Morgan fingerprint density at radius 1 is 1.50 bits per heavy atom. The summed E-state index contributed by atoms with van der Waals surface area (Å²) in [5.74, 6) is -0.134. The molecule has 0 saturated heterocycles. The van der Waals surface area contributed by atoms with Gasteiger partial charge in [-0.15, -0.1) is 0 Å². The molecular weight excluding hydrogens is 228 g/mol. The lowest BCUT2D eigenvalue weighted by Crippen LogP contribution is -2.38. The Hall–Kier alpha value is -1.55. The third-order valence-electron chi connectivity index (χ3n) is 2.99. The zero-order valence-electron chi connectivity index (χ0n) is 10.9. The highest BCUT2D eigenvalue weighted by Gasteiger charge is 2.16. The van der Waals surface area contributed by atoms with Crippen molar-refractivity contribution in [2.24, 2.45) is 0 Å². The predicted molar refractivity (Wildman–Crippen MR) is 71.9 cm³/mol. The molecule has 1 aromatic carbocycles. The largest absolute Gasteiger partial charge is 0.389 e. The summed E-state index contributed by atoms with van der Waals surface area (Å²) in [4.78, 5) is 11.9. The number of hydrogen-bond donors (Lipinski definition) is 3. The van der Waals surface area contributed by atoms with Gasteiger partial charge in [-0.2, -0.15) is 0 Å². The van der Waals surface area contributed by atoms with Crippen molar-refractivity contribution in [2.45, 2.75) is 32.3 Å². The van der Waals surface area contributed by atoms with Crippen LogP contribution in [0.4, 0.5) is 5.69 Å². The fraction of sp³-hybridized carbons (Fsp3) is 0.500. The maximum atomic E-state index is 11.9. The third kappa shape index (κ3) is 3.23. The molecule has 1 aromatic rings. The van der Waals surface area contributed by atoms with E-state index in [-0.39, 0.29) is 12.5 Å². The third-order valence-corrected chi connectivity index (χ3v) is 2.99. The van der Waals surface area contributed by atoms with E-state index >= 15 is 0 Å². The Morgan fingerprint density at radius 3 is 3.00 bits per heavy atom. The monoisotopic (exact) mass is 248 g/mol. The van der Waals surface area contributed by atoms with Crippen molar-refractivity contribution in [3.05, 3.63) is 29.3 Å². The molecule has 0 atom stereocenters. The van der Waals surface area contributed by atoms with Gasteiger partial charge < -0.3 is 15.7 Å². The maximum absolute atomic E-state index is 11.9. The topological polar surface area (TPSA) is 61.4 Å². The van der Waals surface area contributed by atoms with Gasteiger partial charge in [0.15, 0.2) is 0 Å². The first-order valence-electron chi connectivity index (χ1n) is 6.33. The second kappa shape index (κ2) is 4.98. The van der Waals surface area contributed by atoms with Crippen molar-refractivity contribution in [2.75, 3.05) is 18.4 Å². The van der Waals surface area contributed by atoms with Crippen molar-refractivity contribution in [3.8, 4) is 0 Å². The lowest BCUT2D eigenvalue weighted by Gasteiger charge is -2.20. The number of rotatable bonds is 3. The number of nitrogens with one attached hydrogen (secondary N) is 2. The number of anilines is 1. The minimum absolute atomic E-state index is 0.134. The van der Waals surface area contributed by atoms with Gasteiger partial charge in [-0.25, -0.2) is 0 Å². The van der Waals surface area contributed by atoms with Crippen LogP contribution in [-0.4, -0.2) is 29.7 Å². The second-order valence-corrected chi connectivity index (χ2v) is 5.40. The van der Waals surface area contributed by atoms with Crippen LogP contribution < -0.4 is 10.6 Å². The Labute approximate surface area is 107 Å². The van der Waals surface area contributed by atoms with Crippen LogP contribution in [-0.2, 0) is 6.42 Å². The zero-order valence-corrected chi connectivity index (χ0v) is 10.9. The SMILES string of the molecule is CC(C)(O)CNC(=O)c1ccc2c(c1)CCCN2. The quantitative estimate of drug-likeness (QED) is 0.760. The first-order valence-corrected chi connectivity index (χ1v) is 6.33. The molecule has 1 heterocycles. The summed E-state index contributed by atoms with van der Waals surface area (Å²) < 4.78 is 0. The first kappa shape index (κ1) is 12.9. The van der Waals surface area contributed by atoms with E-state index in [1.165, 1.54) is 5.56 Å². The maximum Gasteiger partial charge on any atom is 0.251 e. The van der Waals surface area contributed by atoms with Crippen LogP contribution in [0.3, 0.4) is 0 Å². The molecule has 0 bridgehead atoms. The van der Waals surface area contributed by atoms with Crippen LogP contribution in [0, 0.1) is 0 Å². The highest BCUT2D eigenvalue weighted by Crippen LogP contribution is 2.22. The summed E-state index contributed by atoms with van der Waals surface area (Å²) in [6, 6.07) is 5.70. The predicted octanol–water partition coefficient (Wildman–Crippen LogP) is 1.55. The van der Waals surface area contributed by atoms with E-state index in [1.807, 2.05) is 18.2 Å². The number of benzene rings is 1. The molecule has 18 heavy (non-hydrogen) atoms. The molecule has 0 unspecified atom stereocenters. The van der Waals surface area contributed by atoms with E-state index in [4.69, 9.17) is 0 Å². The molecule has 4 heteroatoms. The van der Waals surface area contributed by atoms with Crippen molar-refractivity contribution in [1.29, 1.82) is 0 Å². The van der Waals surface area contributed by atoms with Gasteiger partial charge in [0.1, 0.15) is 0 Å². The fourth-order valence-corrected chi connectivity index (χ4v) is 2.01. The van der Waals surface area contributed by atoms with Gasteiger partial charge in [0.2, 0.25) is 0 Å². The van der Waals surface area contributed by atoms with Gasteiger partial charge in [0.25, 0.3) is 5.91 Å². The van der Waals surface area contributed by atoms with Crippen molar-refractivity contribution in [1.82, 2.24) is 5.32 Å². The van der Waals surface area contributed by atoms with E-state index in [0.29, 0.717) is 5.56 Å².